The van der Waals surface area contributed by atoms with Crippen LogP contribution in [-0.4, -0.2) is 42.8 Å². The van der Waals surface area contributed by atoms with Crippen LogP contribution < -0.4 is 15.4 Å². The number of rotatable bonds is 9. The van der Waals surface area contributed by atoms with Crippen LogP contribution in [0.2, 0.25) is 5.02 Å². The van der Waals surface area contributed by atoms with E-state index in [0.29, 0.717) is 38.2 Å². The summed E-state index contributed by atoms with van der Waals surface area (Å²) in [7, 11) is 1.59. The molecule has 1 aliphatic heterocycles. The molecular weight excluding hydrogens is 540 g/mol. The molecule has 7 nitrogen and oxygen atoms in total. The first-order chi connectivity index (χ1) is 19.2. The molecule has 0 radical (unpaired) electrons. The summed E-state index contributed by atoms with van der Waals surface area (Å²) in [5.74, 6) is -2.25. The number of amides is 3. The van der Waals surface area contributed by atoms with E-state index in [1.165, 1.54) is 4.90 Å². The van der Waals surface area contributed by atoms with Gasteiger partial charge in [-0.15, -0.1) is 0 Å². The lowest BCUT2D eigenvalue weighted by atomic mass is 9.89. The topological polar surface area (TPSA) is 87.7 Å². The van der Waals surface area contributed by atoms with Gasteiger partial charge in [-0.3, -0.25) is 14.4 Å². The maximum atomic E-state index is 14.3. The Hall–Kier alpha value is -3.98. The monoisotopic (exact) mass is 569 g/mol. The van der Waals surface area contributed by atoms with Gasteiger partial charge < -0.3 is 20.3 Å². The van der Waals surface area contributed by atoms with Gasteiger partial charge in [0.1, 0.15) is 17.1 Å². The van der Waals surface area contributed by atoms with Gasteiger partial charge in [-0.2, -0.15) is 0 Å². The second kappa shape index (κ2) is 13.4. The summed E-state index contributed by atoms with van der Waals surface area (Å²) in [6.45, 7) is 1.08. The lowest BCUT2D eigenvalue weighted by Crippen LogP contribution is -2.38. The number of likely N-dealkylation sites (tertiary alicyclic amines) is 1. The Balaban J connectivity index is 1.20. The Kier molecular flexibility index (Phi) is 9.71. The number of anilines is 1. The largest absolute Gasteiger partial charge is 0.497 e. The van der Waals surface area contributed by atoms with E-state index in [-0.39, 0.29) is 35.6 Å². The molecule has 0 aromatic heterocycles. The molecule has 0 aliphatic carbocycles. The predicted molar refractivity (Wildman–Crippen MR) is 148 cm³/mol. The molecule has 2 N–H and O–H groups in total. The van der Waals surface area contributed by atoms with Crippen molar-refractivity contribution in [1.29, 1.82) is 0 Å². The standard InChI is InChI=1S/C30H30ClF2N3O4/c1-40-23-8-2-19(3-9-23)18-34-26(37)12-13-27(38)35-22-6-4-20(5-7-22)21-14-16-36(17-15-21)30(39)28-25(32)11-10-24(31)29(28)33/h2-11,21H,12-18H2,1H3,(H,34,37)(H,35,38). The van der Waals surface area contributed by atoms with E-state index in [4.69, 9.17) is 16.3 Å². The summed E-state index contributed by atoms with van der Waals surface area (Å²) in [5.41, 5.74) is 1.97. The van der Waals surface area contributed by atoms with E-state index >= 15 is 0 Å². The fourth-order valence-corrected chi connectivity index (χ4v) is 4.78. The molecule has 3 aromatic rings. The van der Waals surface area contributed by atoms with Crippen molar-refractivity contribution >= 4 is 35.0 Å². The van der Waals surface area contributed by atoms with Crippen LogP contribution in [0.4, 0.5) is 14.5 Å². The van der Waals surface area contributed by atoms with Crippen LogP contribution in [0.1, 0.15) is 53.1 Å². The summed E-state index contributed by atoms with van der Waals surface area (Å²) >= 11 is 5.73. The van der Waals surface area contributed by atoms with Crippen molar-refractivity contribution < 1.29 is 27.9 Å². The zero-order chi connectivity index (χ0) is 28.6. The molecule has 3 aromatic carbocycles. The number of hydrogen-bond acceptors (Lipinski definition) is 4. The first kappa shape index (κ1) is 29.0. The van der Waals surface area contributed by atoms with Crippen molar-refractivity contribution in [1.82, 2.24) is 10.2 Å². The molecule has 10 heteroatoms. The van der Waals surface area contributed by atoms with E-state index in [9.17, 15) is 23.2 Å². The number of halogens is 3. The summed E-state index contributed by atoms with van der Waals surface area (Å²) in [4.78, 5) is 38.6. The van der Waals surface area contributed by atoms with Crippen LogP contribution in [0.15, 0.2) is 60.7 Å². The molecular formula is C30H30ClF2N3O4. The number of benzene rings is 3. The number of nitrogens with zero attached hydrogens (tertiary/aromatic N) is 1. The van der Waals surface area contributed by atoms with E-state index in [2.05, 4.69) is 10.6 Å². The SMILES string of the molecule is COc1ccc(CNC(=O)CCC(=O)Nc2ccc(C3CCN(C(=O)c4c(F)ccc(Cl)c4F)CC3)cc2)cc1. The van der Waals surface area contributed by atoms with Crippen molar-refractivity contribution in [3.63, 3.8) is 0 Å². The first-order valence-corrected chi connectivity index (χ1v) is 13.3. The zero-order valence-electron chi connectivity index (χ0n) is 22.0. The van der Waals surface area contributed by atoms with Crippen LogP contribution in [0.5, 0.6) is 5.75 Å². The molecule has 0 bridgehead atoms. The van der Waals surface area contributed by atoms with E-state index in [1.54, 1.807) is 19.2 Å². The Morgan fingerprint density at radius 1 is 0.925 bits per heavy atom. The van der Waals surface area contributed by atoms with Gasteiger partial charge in [0.2, 0.25) is 11.8 Å². The molecule has 1 aliphatic rings. The van der Waals surface area contributed by atoms with Gasteiger partial charge in [-0.1, -0.05) is 35.9 Å². The van der Waals surface area contributed by atoms with Gasteiger partial charge in [-0.05, 0) is 66.3 Å². The van der Waals surface area contributed by atoms with Gasteiger partial charge in [0.15, 0.2) is 5.82 Å². The normalized spacial score (nSPS) is 13.6. The molecule has 3 amide bonds. The van der Waals surface area contributed by atoms with Crippen LogP contribution in [0.25, 0.3) is 0 Å². The molecule has 0 saturated carbocycles. The third-order valence-electron chi connectivity index (χ3n) is 6.93. The van der Waals surface area contributed by atoms with E-state index < -0.39 is 23.1 Å². The number of nitrogens with one attached hydrogen (secondary N) is 2. The Bertz CT molecular complexity index is 1360. The average Bonchev–Trinajstić information content (AvgIpc) is 2.98. The third-order valence-corrected chi connectivity index (χ3v) is 7.23. The lowest BCUT2D eigenvalue weighted by molar-refractivity contribution is -0.124. The average molecular weight is 570 g/mol. The van der Waals surface area contributed by atoms with Crippen molar-refractivity contribution in [2.24, 2.45) is 0 Å². The minimum absolute atomic E-state index is 0.0521. The van der Waals surface area contributed by atoms with Crippen LogP contribution in [0.3, 0.4) is 0 Å². The van der Waals surface area contributed by atoms with Gasteiger partial charge in [0.25, 0.3) is 5.91 Å². The number of ether oxygens (including phenoxy) is 1. The molecule has 0 spiro atoms. The Labute approximate surface area is 236 Å². The Morgan fingerprint density at radius 2 is 1.57 bits per heavy atom. The van der Waals surface area contributed by atoms with Crippen molar-refractivity contribution in [3.8, 4) is 5.75 Å². The summed E-state index contributed by atoms with van der Waals surface area (Å²) < 4.78 is 33.5. The van der Waals surface area contributed by atoms with E-state index in [0.717, 1.165) is 29.0 Å². The molecule has 0 unspecified atom stereocenters. The summed E-state index contributed by atoms with van der Waals surface area (Å²) in [5, 5.41) is 5.31. The maximum absolute atomic E-state index is 14.3. The number of hydrogen-bond donors (Lipinski definition) is 2. The highest BCUT2D eigenvalue weighted by molar-refractivity contribution is 6.31. The second-order valence-electron chi connectivity index (χ2n) is 9.58. The van der Waals surface area contributed by atoms with Gasteiger partial charge in [0.05, 0.1) is 12.1 Å². The lowest BCUT2D eigenvalue weighted by Gasteiger charge is -2.32. The minimum atomic E-state index is -1.04. The van der Waals surface area contributed by atoms with Crippen LogP contribution in [-0.2, 0) is 16.1 Å². The quantitative estimate of drug-likeness (QED) is 0.325. The van der Waals surface area contributed by atoms with Crippen molar-refractivity contribution in [3.05, 3.63) is 94.0 Å². The minimum Gasteiger partial charge on any atom is -0.497 e. The summed E-state index contributed by atoms with van der Waals surface area (Å²) in [6, 6.07) is 16.9. The fraction of sp³-hybridized carbons (Fsp3) is 0.300. The van der Waals surface area contributed by atoms with Gasteiger partial charge >= 0.3 is 0 Å². The van der Waals surface area contributed by atoms with Crippen LogP contribution in [0, 0.1) is 11.6 Å². The molecule has 4 rings (SSSR count). The molecule has 1 fully saturated rings. The first-order valence-electron chi connectivity index (χ1n) is 13.0. The smallest absolute Gasteiger partial charge is 0.259 e. The maximum Gasteiger partial charge on any atom is 0.259 e. The third kappa shape index (κ3) is 7.35. The zero-order valence-corrected chi connectivity index (χ0v) is 22.8. The number of piperidine rings is 1. The number of carbonyl (C=O) groups excluding carboxylic acids is 3. The molecule has 40 heavy (non-hydrogen) atoms. The van der Waals surface area contributed by atoms with E-state index in [1.807, 2.05) is 36.4 Å². The number of carbonyl (C=O) groups is 3. The molecule has 1 saturated heterocycles. The highest BCUT2D eigenvalue weighted by Gasteiger charge is 2.29. The highest BCUT2D eigenvalue weighted by atomic mass is 35.5. The number of methoxy groups -OCH3 is 1. The Morgan fingerprint density at radius 3 is 2.23 bits per heavy atom. The second-order valence-corrected chi connectivity index (χ2v) is 9.99. The van der Waals surface area contributed by atoms with Gasteiger partial charge in [-0.25, -0.2) is 8.78 Å². The van der Waals surface area contributed by atoms with Crippen LogP contribution >= 0.6 is 11.6 Å². The van der Waals surface area contributed by atoms with Crippen molar-refractivity contribution in [2.75, 3.05) is 25.5 Å². The molecule has 0 atom stereocenters. The predicted octanol–water partition coefficient (Wildman–Crippen LogP) is 5.68. The highest BCUT2D eigenvalue weighted by Crippen LogP contribution is 2.31. The molecule has 1 heterocycles. The fourth-order valence-electron chi connectivity index (χ4n) is 4.62. The summed E-state index contributed by atoms with van der Waals surface area (Å²) in [6.07, 6.45) is 1.39. The molecule has 210 valence electrons. The van der Waals surface area contributed by atoms with Gasteiger partial charge in [0, 0.05) is 38.2 Å². The van der Waals surface area contributed by atoms with Crippen molar-refractivity contribution in [2.45, 2.75) is 38.1 Å².